The van der Waals surface area contributed by atoms with E-state index in [9.17, 15) is 9.90 Å². The Morgan fingerprint density at radius 1 is 1.33 bits per heavy atom. The molecule has 0 aromatic heterocycles. The Morgan fingerprint density at radius 3 is 2.44 bits per heavy atom. The number of carbonyl (C=O) groups excluding carboxylic acids is 1. The van der Waals surface area contributed by atoms with Crippen LogP contribution in [0.5, 0.6) is 0 Å². The molecule has 3 nitrogen and oxygen atoms in total. The highest BCUT2D eigenvalue weighted by molar-refractivity contribution is 8.01. The molecule has 0 saturated carbocycles. The fraction of sp³-hybridized carbons (Fsp3) is 0.929. The van der Waals surface area contributed by atoms with Crippen molar-refractivity contribution in [2.75, 3.05) is 18.9 Å². The van der Waals surface area contributed by atoms with Gasteiger partial charge in [-0.05, 0) is 23.7 Å². The van der Waals surface area contributed by atoms with Crippen LogP contribution in [-0.4, -0.2) is 40.2 Å². The molecular formula is C14H27NO2S. The van der Waals surface area contributed by atoms with E-state index in [4.69, 9.17) is 0 Å². The van der Waals surface area contributed by atoms with Gasteiger partial charge < -0.3 is 10.0 Å². The van der Waals surface area contributed by atoms with Gasteiger partial charge in [0.1, 0.15) is 0 Å². The molecule has 0 aromatic rings. The van der Waals surface area contributed by atoms with Crippen LogP contribution in [-0.2, 0) is 4.79 Å². The summed E-state index contributed by atoms with van der Waals surface area (Å²) in [7, 11) is 0. The molecule has 0 spiro atoms. The molecule has 1 heterocycles. The average molecular weight is 273 g/mol. The van der Waals surface area contributed by atoms with Gasteiger partial charge in [0.25, 0.3) is 0 Å². The van der Waals surface area contributed by atoms with Gasteiger partial charge in [-0.1, -0.05) is 34.6 Å². The lowest BCUT2D eigenvalue weighted by molar-refractivity contribution is -0.129. The predicted molar refractivity (Wildman–Crippen MR) is 77.5 cm³/mol. The van der Waals surface area contributed by atoms with Crippen molar-refractivity contribution >= 4 is 17.7 Å². The van der Waals surface area contributed by atoms with Crippen LogP contribution in [0.25, 0.3) is 0 Å². The van der Waals surface area contributed by atoms with Crippen LogP contribution < -0.4 is 0 Å². The van der Waals surface area contributed by atoms with Crippen LogP contribution in [0.2, 0.25) is 0 Å². The van der Waals surface area contributed by atoms with Crippen molar-refractivity contribution in [1.82, 2.24) is 4.90 Å². The lowest BCUT2D eigenvalue weighted by Crippen LogP contribution is -2.41. The highest BCUT2D eigenvalue weighted by Gasteiger charge is 2.38. The maximum absolute atomic E-state index is 11.9. The van der Waals surface area contributed by atoms with Gasteiger partial charge >= 0.3 is 0 Å². The van der Waals surface area contributed by atoms with Crippen LogP contribution in [0.1, 0.15) is 47.5 Å². The second-order valence-corrected chi connectivity index (χ2v) is 8.11. The van der Waals surface area contributed by atoms with Gasteiger partial charge in [0, 0.05) is 13.2 Å². The van der Waals surface area contributed by atoms with Crippen molar-refractivity contribution < 1.29 is 9.90 Å². The van der Waals surface area contributed by atoms with Gasteiger partial charge in [0.05, 0.1) is 11.1 Å². The molecule has 1 unspecified atom stereocenters. The molecule has 4 heteroatoms. The van der Waals surface area contributed by atoms with E-state index >= 15 is 0 Å². The molecule has 1 N–H and O–H groups in total. The molecule has 1 atom stereocenters. The summed E-state index contributed by atoms with van der Waals surface area (Å²) in [6.45, 7) is 11.7. The lowest BCUT2D eigenvalue weighted by Gasteiger charge is -2.34. The lowest BCUT2D eigenvalue weighted by atomic mass is 9.88. The summed E-state index contributed by atoms with van der Waals surface area (Å²) in [6, 6.07) is 0. The Bertz CT molecular complexity index is 297. The first-order valence-electron chi connectivity index (χ1n) is 6.69. The van der Waals surface area contributed by atoms with Gasteiger partial charge in [-0.3, -0.25) is 4.79 Å². The summed E-state index contributed by atoms with van der Waals surface area (Å²) in [5, 5.41) is 9.53. The van der Waals surface area contributed by atoms with Crippen molar-refractivity contribution in [3.05, 3.63) is 0 Å². The monoisotopic (exact) mass is 273 g/mol. The first kappa shape index (κ1) is 15.8. The van der Waals surface area contributed by atoms with Crippen LogP contribution in [0.15, 0.2) is 0 Å². The van der Waals surface area contributed by atoms with Gasteiger partial charge in [-0.15, -0.1) is 11.8 Å². The summed E-state index contributed by atoms with van der Waals surface area (Å²) >= 11 is 1.76. The molecule has 1 aliphatic rings. The average Bonchev–Trinajstić information content (AvgIpc) is 2.60. The Labute approximate surface area is 115 Å². The largest absolute Gasteiger partial charge is 0.396 e. The van der Waals surface area contributed by atoms with Crippen LogP contribution in [0, 0.1) is 10.8 Å². The number of carbonyl (C=O) groups is 1. The Morgan fingerprint density at radius 2 is 1.94 bits per heavy atom. The zero-order valence-corrected chi connectivity index (χ0v) is 13.1. The van der Waals surface area contributed by atoms with E-state index < -0.39 is 0 Å². The minimum atomic E-state index is -0.0346. The van der Waals surface area contributed by atoms with Gasteiger partial charge in [-0.25, -0.2) is 0 Å². The van der Waals surface area contributed by atoms with Crippen LogP contribution >= 0.6 is 11.8 Å². The molecule has 18 heavy (non-hydrogen) atoms. The number of rotatable bonds is 5. The third-order valence-corrected chi connectivity index (χ3v) is 5.08. The minimum Gasteiger partial charge on any atom is -0.396 e. The van der Waals surface area contributed by atoms with E-state index in [1.54, 1.807) is 11.8 Å². The van der Waals surface area contributed by atoms with Crippen LogP contribution in [0.4, 0.5) is 0 Å². The molecule has 0 bridgehead atoms. The van der Waals surface area contributed by atoms with Crippen molar-refractivity contribution in [1.29, 1.82) is 0 Å². The summed E-state index contributed by atoms with van der Waals surface area (Å²) in [5.41, 5.74) is 0.0937. The first-order valence-corrected chi connectivity index (χ1v) is 7.74. The molecule has 1 amide bonds. The standard InChI is InChI=1S/C14H27NO2S/c1-13(2,3)12-15(11(17)9-18-12)8-6-7-14(4,5)10-16/h12,16H,6-10H2,1-5H3. The smallest absolute Gasteiger partial charge is 0.233 e. The molecule has 0 aliphatic carbocycles. The number of hydrogen-bond donors (Lipinski definition) is 1. The molecule has 0 aromatic carbocycles. The van der Waals surface area contributed by atoms with Crippen LogP contribution in [0.3, 0.4) is 0 Å². The fourth-order valence-electron chi connectivity index (χ4n) is 2.22. The van der Waals surface area contributed by atoms with Crippen molar-refractivity contribution in [2.45, 2.75) is 52.8 Å². The number of hydrogen-bond acceptors (Lipinski definition) is 3. The molecule has 1 aliphatic heterocycles. The van der Waals surface area contributed by atoms with Crippen molar-refractivity contribution in [2.24, 2.45) is 10.8 Å². The third-order valence-electron chi connectivity index (χ3n) is 3.39. The van der Waals surface area contributed by atoms with E-state index in [2.05, 4.69) is 34.6 Å². The van der Waals surface area contributed by atoms with Crippen molar-refractivity contribution in [3.63, 3.8) is 0 Å². The second-order valence-electron chi connectivity index (χ2n) is 7.04. The Kier molecular flexibility index (Phi) is 5.13. The number of thioether (sulfide) groups is 1. The second kappa shape index (κ2) is 5.83. The molecule has 0 radical (unpaired) electrons. The minimum absolute atomic E-state index is 0.0346. The summed E-state index contributed by atoms with van der Waals surface area (Å²) in [6.07, 6.45) is 1.92. The fourth-order valence-corrected chi connectivity index (χ4v) is 3.59. The van der Waals surface area contributed by atoms with E-state index in [0.717, 1.165) is 19.4 Å². The van der Waals surface area contributed by atoms with E-state index in [1.165, 1.54) is 0 Å². The predicted octanol–water partition coefficient (Wildman–Crippen LogP) is 2.73. The molecule has 1 fully saturated rings. The third kappa shape index (κ3) is 4.16. The molecular weight excluding hydrogens is 246 g/mol. The van der Waals surface area contributed by atoms with Crippen molar-refractivity contribution in [3.8, 4) is 0 Å². The van der Waals surface area contributed by atoms with E-state index in [0.29, 0.717) is 11.1 Å². The first-order chi connectivity index (χ1) is 8.17. The number of amides is 1. The zero-order valence-electron chi connectivity index (χ0n) is 12.3. The van der Waals surface area contributed by atoms with Gasteiger partial charge in [0.15, 0.2) is 0 Å². The van der Waals surface area contributed by atoms with E-state index in [1.807, 2.05) is 4.90 Å². The van der Waals surface area contributed by atoms with Gasteiger partial charge in [0.2, 0.25) is 5.91 Å². The SMILES string of the molecule is CC(C)(CO)CCCN1C(=O)CSC1C(C)(C)C. The summed E-state index contributed by atoms with van der Waals surface area (Å²) in [4.78, 5) is 13.9. The number of aliphatic hydroxyl groups is 1. The quantitative estimate of drug-likeness (QED) is 0.837. The summed E-state index contributed by atoms with van der Waals surface area (Å²) < 4.78 is 0. The maximum atomic E-state index is 11.9. The highest BCUT2D eigenvalue weighted by Crippen LogP contribution is 2.38. The zero-order chi connectivity index (χ0) is 14.0. The Balaban J connectivity index is 2.51. The molecule has 106 valence electrons. The maximum Gasteiger partial charge on any atom is 0.233 e. The highest BCUT2D eigenvalue weighted by atomic mass is 32.2. The normalized spacial score (nSPS) is 21.8. The van der Waals surface area contributed by atoms with E-state index in [-0.39, 0.29) is 23.3 Å². The molecule has 1 rings (SSSR count). The Hall–Kier alpha value is -0.220. The summed E-state index contributed by atoms with van der Waals surface area (Å²) in [5.74, 6) is 0.882. The molecule has 1 saturated heterocycles. The number of nitrogens with zero attached hydrogens (tertiary/aromatic N) is 1. The number of aliphatic hydroxyl groups excluding tert-OH is 1. The van der Waals surface area contributed by atoms with Gasteiger partial charge in [-0.2, -0.15) is 0 Å². The topological polar surface area (TPSA) is 40.5 Å².